The first kappa shape index (κ1) is 22.4. The van der Waals surface area contributed by atoms with Gasteiger partial charge < -0.3 is 25.2 Å². The predicted octanol–water partition coefficient (Wildman–Crippen LogP) is 3.48. The maximum Gasteiger partial charge on any atom is 0.251 e. The monoisotopic (exact) mass is 464 g/mol. The quantitative estimate of drug-likeness (QED) is 0.675. The zero-order chi connectivity index (χ0) is 23.8. The lowest BCUT2D eigenvalue weighted by Crippen LogP contribution is -2.38. The second-order valence-corrected chi connectivity index (χ2v) is 9.58. The van der Waals surface area contributed by atoms with Crippen molar-refractivity contribution in [2.24, 2.45) is 5.92 Å². The lowest BCUT2D eigenvalue weighted by atomic mass is 10.1. The van der Waals surface area contributed by atoms with Crippen molar-refractivity contribution in [3.05, 3.63) is 30.0 Å². The zero-order valence-corrected chi connectivity index (χ0v) is 20.0. The minimum absolute atomic E-state index is 0.0767. The van der Waals surface area contributed by atoms with E-state index in [2.05, 4.69) is 20.5 Å². The number of benzene rings is 1. The minimum Gasteiger partial charge on any atom is -0.495 e. The van der Waals surface area contributed by atoms with Gasteiger partial charge in [-0.1, -0.05) is 19.8 Å². The fraction of sp³-hybridized carbons (Fsp3) is 0.520. The molecule has 2 heterocycles. The first-order chi connectivity index (χ1) is 16.4. The number of fused-ring (bicyclic) bond motifs is 1. The number of nitrogens with one attached hydrogen (secondary N) is 2. The van der Waals surface area contributed by atoms with Gasteiger partial charge in [-0.2, -0.15) is 4.98 Å². The Labute approximate surface area is 199 Å². The van der Waals surface area contributed by atoms with Crippen LogP contribution in [-0.2, 0) is 4.79 Å². The molecule has 2 saturated carbocycles. The number of carbonyl (C=O) groups excluding carboxylic acids is 2. The van der Waals surface area contributed by atoms with Crippen LogP contribution in [0.1, 0.15) is 55.8 Å². The average molecular weight is 465 g/mol. The molecule has 1 aromatic carbocycles. The van der Waals surface area contributed by atoms with E-state index < -0.39 is 0 Å². The molecule has 2 amide bonds. The molecule has 1 unspecified atom stereocenters. The van der Waals surface area contributed by atoms with E-state index in [9.17, 15) is 9.59 Å². The van der Waals surface area contributed by atoms with Gasteiger partial charge in [-0.05, 0) is 43.9 Å². The second kappa shape index (κ2) is 9.12. The molecule has 0 radical (unpaired) electrons. The molecule has 0 saturated heterocycles. The van der Waals surface area contributed by atoms with Crippen molar-refractivity contribution >= 4 is 35.0 Å². The minimum atomic E-state index is -0.120. The molecule has 3 aliphatic rings. The van der Waals surface area contributed by atoms with Crippen molar-refractivity contribution in [1.82, 2.24) is 15.3 Å². The smallest absolute Gasteiger partial charge is 0.251 e. The molecule has 2 aliphatic carbocycles. The fourth-order valence-electron chi connectivity index (χ4n) is 4.87. The molecule has 0 bridgehead atoms. The molecule has 2 fully saturated rings. The van der Waals surface area contributed by atoms with Crippen molar-refractivity contribution in [3.63, 3.8) is 0 Å². The van der Waals surface area contributed by atoms with Crippen LogP contribution in [0.2, 0.25) is 0 Å². The van der Waals surface area contributed by atoms with Gasteiger partial charge in [0.05, 0.1) is 24.9 Å². The highest BCUT2D eigenvalue weighted by molar-refractivity contribution is 5.99. The van der Waals surface area contributed by atoms with Crippen molar-refractivity contribution < 1.29 is 14.3 Å². The number of hydrogen-bond acceptors (Lipinski definition) is 7. The number of anilines is 4. The first-order valence-electron chi connectivity index (χ1n) is 12.1. The Kier molecular flexibility index (Phi) is 6.02. The van der Waals surface area contributed by atoms with E-state index in [1.807, 2.05) is 13.0 Å². The molecule has 2 aromatic rings. The average Bonchev–Trinajstić information content (AvgIpc) is 3.51. The SMILES string of the molecule is COc1cc(C(=O)NC2CC2)ccc1Nc1ncc2c(n1)N(C1CCCC1)CC(C)C(=O)N2C. The van der Waals surface area contributed by atoms with Crippen LogP contribution >= 0.6 is 0 Å². The molecular formula is C25H32N6O3. The van der Waals surface area contributed by atoms with Crippen molar-refractivity contribution in [2.45, 2.75) is 57.5 Å². The number of methoxy groups -OCH3 is 1. The fourth-order valence-corrected chi connectivity index (χ4v) is 4.87. The third-order valence-electron chi connectivity index (χ3n) is 6.99. The van der Waals surface area contributed by atoms with Crippen LogP contribution in [0.5, 0.6) is 5.75 Å². The van der Waals surface area contributed by atoms with Crippen LogP contribution in [0.15, 0.2) is 24.4 Å². The molecule has 5 rings (SSSR count). The lowest BCUT2D eigenvalue weighted by molar-refractivity contribution is -0.121. The zero-order valence-electron chi connectivity index (χ0n) is 20.0. The summed E-state index contributed by atoms with van der Waals surface area (Å²) in [4.78, 5) is 38.6. The molecule has 34 heavy (non-hydrogen) atoms. The third-order valence-corrected chi connectivity index (χ3v) is 6.99. The summed E-state index contributed by atoms with van der Waals surface area (Å²) in [7, 11) is 3.37. The maximum atomic E-state index is 12.9. The van der Waals surface area contributed by atoms with Gasteiger partial charge in [0.1, 0.15) is 11.4 Å². The van der Waals surface area contributed by atoms with E-state index in [-0.39, 0.29) is 17.7 Å². The number of rotatable bonds is 6. The number of hydrogen-bond donors (Lipinski definition) is 2. The topological polar surface area (TPSA) is 99.7 Å². The summed E-state index contributed by atoms with van der Waals surface area (Å²) >= 11 is 0. The van der Waals surface area contributed by atoms with Gasteiger partial charge in [-0.3, -0.25) is 9.59 Å². The number of ether oxygens (including phenoxy) is 1. The van der Waals surface area contributed by atoms with Gasteiger partial charge in [-0.25, -0.2) is 4.98 Å². The molecule has 9 nitrogen and oxygen atoms in total. The summed E-state index contributed by atoms with van der Waals surface area (Å²) in [6.45, 7) is 2.62. The number of nitrogens with zero attached hydrogens (tertiary/aromatic N) is 4. The Hall–Kier alpha value is -3.36. The van der Waals surface area contributed by atoms with Gasteiger partial charge in [-0.15, -0.1) is 0 Å². The molecule has 9 heteroatoms. The third kappa shape index (κ3) is 4.38. The molecule has 180 valence electrons. The highest BCUT2D eigenvalue weighted by Gasteiger charge is 2.35. The molecular weight excluding hydrogens is 432 g/mol. The van der Waals surface area contributed by atoms with E-state index >= 15 is 0 Å². The van der Waals surface area contributed by atoms with E-state index in [0.29, 0.717) is 41.6 Å². The van der Waals surface area contributed by atoms with Crippen LogP contribution < -0.4 is 25.2 Å². The Morgan fingerprint density at radius 1 is 1.18 bits per heavy atom. The largest absolute Gasteiger partial charge is 0.495 e. The number of carbonyl (C=O) groups is 2. The van der Waals surface area contributed by atoms with Gasteiger partial charge in [0.15, 0.2) is 5.82 Å². The van der Waals surface area contributed by atoms with Crippen LogP contribution in [0.25, 0.3) is 0 Å². The van der Waals surface area contributed by atoms with Crippen LogP contribution in [0.3, 0.4) is 0 Å². The Balaban J connectivity index is 1.44. The highest BCUT2D eigenvalue weighted by atomic mass is 16.5. The standard InChI is InChI=1S/C25H32N6O3/c1-15-14-31(18-6-4-5-7-18)22-20(30(2)24(15)33)13-26-25(29-22)28-19-11-8-16(12-21(19)34-3)23(32)27-17-9-10-17/h8,11-13,15,17-18H,4-7,9-10,14H2,1-3H3,(H,27,32)(H,26,28,29). The van der Waals surface area contributed by atoms with Crippen LogP contribution in [0.4, 0.5) is 23.1 Å². The Morgan fingerprint density at radius 3 is 2.65 bits per heavy atom. The van der Waals surface area contributed by atoms with E-state index in [1.54, 1.807) is 37.4 Å². The predicted molar refractivity (Wildman–Crippen MR) is 131 cm³/mol. The van der Waals surface area contributed by atoms with Crippen molar-refractivity contribution in [3.8, 4) is 5.75 Å². The Morgan fingerprint density at radius 2 is 1.94 bits per heavy atom. The molecule has 1 aromatic heterocycles. The van der Waals surface area contributed by atoms with E-state index in [4.69, 9.17) is 9.72 Å². The molecule has 2 N–H and O–H groups in total. The summed E-state index contributed by atoms with van der Waals surface area (Å²) in [5.74, 6) is 1.60. The van der Waals surface area contributed by atoms with Crippen LogP contribution in [0, 0.1) is 5.92 Å². The molecule has 1 atom stereocenters. The molecule has 0 spiro atoms. The lowest BCUT2D eigenvalue weighted by Gasteiger charge is -2.31. The highest BCUT2D eigenvalue weighted by Crippen LogP contribution is 2.38. The van der Waals surface area contributed by atoms with Gasteiger partial charge >= 0.3 is 0 Å². The van der Waals surface area contributed by atoms with Gasteiger partial charge in [0, 0.05) is 31.2 Å². The van der Waals surface area contributed by atoms with Crippen molar-refractivity contribution in [2.75, 3.05) is 35.8 Å². The van der Waals surface area contributed by atoms with Gasteiger partial charge in [0.2, 0.25) is 11.9 Å². The summed E-state index contributed by atoms with van der Waals surface area (Å²) < 4.78 is 5.55. The normalized spacial score (nSPS) is 20.7. The first-order valence-corrected chi connectivity index (χ1v) is 12.1. The van der Waals surface area contributed by atoms with Crippen molar-refractivity contribution in [1.29, 1.82) is 0 Å². The van der Waals surface area contributed by atoms with E-state index in [0.717, 1.165) is 37.2 Å². The summed E-state index contributed by atoms with van der Waals surface area (Å²) in [6, 6.07) is 5.97. The number of aromatic nitrogens is 2. The summed E-state index contributed by atoms with van der Waals surface area (Å²) in [6.07, 6.45) is 8.40. The maximum absolute atomic E-state index is 12.9. The van der Waals surface area contributed by atoms with Gasteiger partial charge in [0.25, 0.3) is 5.91 Å². The second-order valence-electron chi connectivity index (χ2n) is 9.58. The summed E-state index contributed by atoms with van der Waals surface area (Å²) in [5, 5.41) is 6.25. The molecule has 1 aliphatic heterocycles. The van der Waals surface area contributed by atoms with Crippen LogP contribution in [-0.4, -0.2) is 54.6 Å². The Bertz CT molecular complexity index is 1100. The summed E-state index contributed by atoms with van der Waals surface area (Å²) in [5.41, 5.74) is 1.95. The van der Waals surface area contributed by atoms with E-state index in [1.165, 1.54) is 12.8 Å². The number of amides is 2.